The summed E-state index contributed by atoms with van der Waals surface area (Å²) in [5.41, 5.74) is 1.52. The van der Waals surface area contributed by atoms with Gasteiger partial charge >= 0.3 is 5.97 Å². The number of hydrogen-bond acceptors (Lipinski definition) is 4. The van der Waals surface area contributed by atoms with Gasteiger partial charge in [0.1, 0.15) is 0 Å². The van der Waals surface area contributed by atoms with E-state index in [1.54, 1.807) is 42.5 Å². The van der Waals surface area contributed by atoms with Crippen molar-refractivity contribution in [3.8, 4) is 0 Å². The maximum absolute atomic E-state index is 12.3. The average molecular weight is 297 g/mol. The minimum Gasteiger partial charge on any atom is -0.465 e. The molecule has 2 aromatic rings. The molecule has 0 radical (unpaired) electrons. The van der Waals surface area contributed by atoms with Crippen molar-refractivity contribution in [2.45, 2.75) is 6.92 Å². The monoisotopic (exact) mass is 297 g/mol. The Hall–Kier alpha value is -2.95. The van der Waals surface area contributed by atoms with Crippen LogP contribution in [0.4, 0.5) is 5.69 Å². The van der Waals surface area contributed by atoms with E-state index in [4.69, 9.17) is 0 Å². The topological polar surface area (TPSA) is 72.5 Å². The Labute approximate surface area is 127 Å². The highest BCUT2D eigenvalue weighted by Crippen LogP contribution is 2.15. The van der Waals surface area contributed by atoms with Crippen LogP contribution in [0.25, 0.3) is 0 Å². The molecule has 0 aliphatic carbocycles. The van der Waals surface area contributed by atoms with Gasteiger partial charge < -0.3 is 10.1 Å². The number of rotatable bonds is 4. The molecule has 0 aliphatic rings. The van der Waals surface area contributed by atoms with E-state index in [-0.39, 0.29) is 16.9 Å². The molecule has 2 aromatic carbocycles. The number of methoxy groups -OCH3 is 1. The molecule has 5 nitrogen and oxygen atoms in total. The Balaban J connectivity index is 2.22. The SMILES string of the molecule is COC(=O)c1ccccc1C(=O)Nc1ccc(C(C)=O)cc1. The summed E-state index contributed by atoms with van der Waals surface area (Å²) in [6.07, 6.45) is 0. The molecule has 0 aromatic heterocycles. The highest BCUT2D eigenvalue weighted by Gasteiger charge is 2.17. The Bertz CT molecular complexity index is 720. The Morgan fingerprint density at radius 3 is 2.05 bits per heavy atom. The van der Waals surface area contributed by atoms with Gasteiger partial charge in [0.25, 0.3) is 5.91 Å². The number of Topliss-reactive ketones (excluding diaryl/α,β-unsaturated/α-hetero) is 1. The average Bonchev–Trinajstić information content (AvgIpc) is 2.54. The van der Waals surface area contributed by atoms with Crippen LogP contribution in [0.2, 0.25) is 0 Å². The number of esters is 1. The van der Waals surface area contributed by atoms with Crippen molar-refractivity contribution in [2.24, 2.45) is 0 Å². The number of ketones is 1. The van der Waals surface area contributed by atoms with Gasteiger partial charge in [-0.25, -0.2) is 4.79 Å². The van der Waals surface area contributed by atoms with E-state index in [0.717, 1.165) is 0 Å². The van der Waals surface area contributed by atoms with Crippen LogP contribution < -0.4 is 5.32 Å². The van der Waals surface area contributed by atoms with E-state index in [0.29, 0.717) is 11.3 Å². The molecule has 0 atom stereocenters. The third-order valence-electron chi connectivity index (χ3n) is 3.13. The number of amides is 1. The van der Waals surface area contributed by atoms with Crippen LogP contribution in [0.5, 0.6) is 0 Å². The third kappa shape index (κ3) is 3.38. The van der Waals surface area contributed by atoms with Crippen molar-refractivity contribution in [3.63, 3.8) is 0 Å². The Morgan fingerprint density at radius 1 is 0.909 bits per heavy atom. The van der Waals surface area contributed by atoms with Crippen LogP contribution in [-0.4, -0.2) is 24.8 Å². The van der Waals surface area contributed by atoms with Crippen molar-refractivity contribution >= 4 is 23.3 Å². The second kappa shape index (κ2) is 6.67. The normalized spacial score (nSPS) is 9.91. The van der Waals surface area contributed by atoms with Gasteiger partial charge in [0.15, 0.2) is 5.78 Å². The first-order chi connectivity index (χ1) is 10.5. The molecule has 1 amide bonds. The van der Waals surface area contributed by atoms with Gasteiger partial charge in [0.05, 0.1) is 18.2 Å². The first-order valence-corrected chi connectivity index (χ1v) is 6.62. The fraction of sp³-hybridized carbons (Fsp3) is 0.118. The number of benzene rings is 2. The second-order valence-electron chi connectivity index (χ2n) is 4.62. The van der Waals surface area contributed by atoms with Crippen molar-refractivity contribution in [1.82, 2.24) is 0 Å². The summed E-state index contributed by atoms with van der Waals surface area (Å²) in [5, 5.41) is 2.69. The van der Waals surface area contributed by atoms with E-state index in [1.165, 1.54) is 20.1 Å². The Kier molecular flexibility index (Phi) is 4.68. The van der Waals surface area contributed by atoms with Crippen molar-refractivity contribution < 1.29 is 19.1 Å². The van der Waals surface area contributed by atoms with Gasteiger partial charge in [-0.3, -0.25) is 9.59 Å². The molecule has 0 aliphatic heterocycles. The zero-order valence-electron chi connectivity index (χ0n) is 12.3. The van der Waals surface area contributed by atoms with Crippen LogP contribution in [0, 0.1) is 0 Å². The van der Waals surface area contributed by atoms with Gasteiger partial charge in [0, 0.05) is 11.3 Å². The molecule has 112 valence electrons. The summed E-state index contributed by atoms with van der Waals surface area (Å²) >= 11 is 0. The number of carbonyl (C=O) groups excluding carboxylic acids is 3. The van der Waals surface area contributed by atoms with E-state index in [2.05, 4.69) is 10.1 Å². The zero-order chi connectivity index (χ0) is 16.1. The molecule has 1 N–H and O–H groups in total. The molecule has 0 saturated carbocycles. The molecular formula is C17H15NO4. The predicted octanol–water partition coefficient (Wildman–Crippen LogP) is 2.93. The lowest BCUT2D eigenvalue weighted by atomic mass is 10.1. The van der Waals surface area contributed by atoms with Crippen LogP contribution >= 0.6 is 0 Å². The Morgan fingerprint density at radius 2 is 1.50 bits per heavy atom. The minimum absolute atomic E-state index is 0.0473. The maximum Gasteiger partial charge on any atom is 0.338 e. The zero-order valence-corrected chi connectivity index (χ0v) is 12.3. The lowest BCUT2D eigenvalue weighted by Crippen LogP contribution is -2.17. The highest BCUT2D eigenvalue weighted by atomic mass is 16.5. The fourth-order valence-electron chi connectivity index (χ4n) is 1.96. The largest absolute Gasteiger partial charge is 0.465 e. The molecular weight excluding hydrogens is 282 g/mol. The molecule has 5 heteroatoms. The van der Waals surface area contributed by atoms with Crippen LogP contribution in [-0.2, 0) is 4.74 Å². The molecule has 0 spiro atoms. The summed E-state index contributed by atoms with van der Waals surface area (Å²) in [5.74, 6) is -1.04. The first kappa shape index (κ1) is 15.4. The molecule has 2 rings (SSSR count). The lowest BCUT2D eigenvalue weighted by molar-refractivity contribution is 0.0597. The van der Waals surface area contributed by atoms with Gasteiger partial charge in [-0.2, -0.15) is 0 Å². The van der Waals surface area contributed by atoms with Gasteiger partial charge in [0.2, 0.25) is 0 Å². The van der Waals surface area contributed by atoms with E-state index in [9.17, 15) is 14.4 Å². The summed E-state index contributed by atoms with van der Waals surface area (Å²) in [6, 6.07) is 12.9. The van der Waals surface area contributed by atoms with Crippen molar-refractivity contribution in [2.75, 3.05) is 12.4 Å². The van der Waals surface area contributed by atoms with Crippen molar-refractivity contribution in [3.05, 3.63) is 65.2 Å². The van der Waals surface area contributed by atoms with Crippen LogP contribution in [0.15, 0.2) is 48.5 Å². The number of anilines is 1. The quantitative estimate of drug-likeness (QED) is 0.695. The van der Waals surface area contributed by atoms with Gasteiger partial charge in [-0.1, -0.05) is 12.1 Å². The third-order valence-corrected chi connectivity index (χ3v) is 3.13. The van der Waals surface area contributed by atoms with E-state index >= 15 is 0 Å². The summed E-state index contributed by atoms with van der Waals surface area (Å²) in [6.45, 7) is 1.47. The van der Waals surface area contributed by atoms with Crippen LogP contribution in [0.1, 0.15) is 38.0 Å². The molecule has 0 saturated heterocycles. The fourth-order valence-corrected chi connectivity index (χ4v) is 1.96. The number of hydrogen-bond donors (Lipinski definition) is 1. The highest BCUT2D eigenvalue weighted by molar-refractivity contribution is 6.11. The van der Waals surface area contributed by atoms with E-state index < -0.39 is 11.9 Å². The lowest BCUT2D eigenvalue weighted by Gasteiger charge is -2.09. The maximum atomic E-state index is 12.3. The van der Waals surface area contributed by atoms with Gasteiger partial charge in [-0.15, -0.1) is 0 Å². The summed E-state index contributed by atoms with van der Waals surface area (Å²) in [4.78, 5) is 35.2. The standard InChI is InChI=1S/C17H15NO4/c1-11(19)12-7-9-13(10-8-12)18-16(20)14-5-3-4-6-15(14)17(21)22-2/h3-10H,1-2H3,(H,18,20). The second-order valence-corrected chi connectivity index (χ2v) is 4.62. The van der Waals surface area contributed by atoms with Crippen LogP contribution in [0.3, 0.4) is 0 Å². The molecule has 0 bridgehead atoms. The summed E-state index contributed by atoms with van der Waals surface area (Å²) in [7, 11) is 1.26. The van der Waals surface area contributed by atoms with Crippen molar-refractivity contribution in [1.29, 1.82) is 0 Å². The first-order valence-electron chi connectivity index (χ1n) is 6.62. The minimum atomic E-state index is -0.572. The number of nitrogens with one attached hydrogen (secondary N) is 1. The molecule has 22 heavy (non-hydrogen) atoms. The number of ether oxygens (including phenoxy) is 1. The molecule has 0 unspecified atom stereocenters. The van der Waals surface area contributed by atoms with E-state index in [1.807, 2.05) is 0 Å². The smallest absolute Gasteiger partial charge is 0.338 e. The molecule has 0 heterocycles. The summed E-state index contributed by atoms with van der Waals surface area (Å²) < 4.78 is 4.66. The predicted molar refractivity (Wildman–Crippen MR) is 82.2 cm³/mol. The van der Waals surface area contributed by atoms with Gasteiger partial charge in [-0.05, 0) is 43.3 Å². The number of carbonyl (C=O) groups is 3. The molecule has 0 fully saturated rings.